The molecule has 0 saturated carbocycles. The van der Waals surface area contributed by atoms with E-state index in [2.05, 4.69) is 30.4 Å². The smallest absolute Gasteiger partial charge is 0.287 e. The molecule has 0 radical (unpaired) electrons. The number of anilines is 2. The fourth-order valence-electron chi connectivity index (χ4n) is 4.08. The zero-order valence-corrected chi connectivity index (χ0v) is 19.7. The lowest BCUT2D eigenvalue weighted by molar-refractivity contribution is -0.116. The van der Waals surface area contributed by atoms with Gasteiger partial charge in [-0.05, 0) is 18.2 Å². The van der Waals surface area contributed by atoms with Crippen LogP contribution in [0.1, 0.15) is 26.6 Å². The molecule has 12 heteroatoms. The van der Waals surface area contributed by atoms with Crippen molar-refractivity contribution in [2.45, 2.75) is 32.7 Å². The molecule has 0 bridgehead atoms. The van der Waals surface area contributed by atoms with Crippen LogP contribution in [0.4, 0.5) is 15.9 Å². The number of nitrogens with one attached hydrogen (secondary N) is 1. The zero-order valence-electron chi connectivity index (χ0n) is 19.7. The van der Waals surface area contributed by atoms with Crippen molar-refractivity contribution in [2.24, 2.45) is 0 Å². The van der Waals surface area contributed by atoms with Crippen LogP contribution in [-0.4, -0.2) is 61.3 Å². The van der Waals surface area contributed by atoms with Gasteiger partial charge < -0.3 is 15.0 Å². The number of morpholine rings is 1. The van der Waals surface area contributed by atoms with E-state index in [1.54, 1.807) is 10.8 Å². The van der Waals surface area contributed by atoms with Crippen LogP contribution in [0, 0.1) is 5.82 Å². The standard InChI is InChI=1S/C23H25FN8O3/c1-23(2,3)21-28-29-22-31(13-18(33)27-17-5-4-14(24)11-25-17)16-10-15(30-6-8-35-9-7-30)12-26-19(16)20(34)32(21)22/h4-5,10-12H,6-9,13H2,1-3H3,(H,25,27,33). The molecule has 0 aromatic carbocycles. The molecule has 4 aromatic rings. The van der Waals surface area contributed by atoms with Crippen LogP contribution in [0.15, 0.2) is 35.4 Å². The maximum atomic E-state index is 13.5. The van der Waals surface area contributed by atoms with Crippen molar-refractivity contribution >= 4 is 34.2 Å². The van der Waals surface area contributed by atoms with E-state index in [1.165, 1.54) is 16.5 Å². The molecule has 0 unspecified atom stereocenters. The van der Waals surface area contributed by atoms with Gasteiger partial charge in [0, 0.05) is 18.5 Å². The molecule has 0 spiro atoms. The lowest BCUT2D eigenvalue weighted by atomic mass is 9.96. The number of halogens is 1. The number of fused-ring (bicyclic) bond motifs is 2. The Hall–Kier alpha value is -3.93. The predicted molar refractivity (Wildman–Crippen MR) is 127 cm³/mol. The number of ether oxygens (including phenoxy) is 1. The average molecular weight is 481 g/mol. The van der Waals surface area contributed by atoms with Gasteiger partial charge in [-0.2, -0.15) is 0 Å². The van der Waals surface area contributed by atoms with E-state index in [0.29, 0.717) is 37.6 Å². The van der Waals surface area contributed by atoms with E-state index in [0.717, 1.165) is 11.9 Å². The first-order chi connectivity index (χ1) is 16.7. The number of carbonyl (C=O) groups excluding carboxylic acids is 1. The van der Waals surface area contributed by atoms with Gasteiger partial charge in [-0.25, -0.2) is 18.8 Å². The normalized spacial score (nSPS) is 14.6. The highest BCUT2D eigenvalue weighted by Gasteiger charge is 2.26. The van der Waals surface area contributed by atoms with Crippen LogP contribution in [0.3, 0.4) is 0 Å². The fraction of sp³-hybridized carbons (Fsp3) is 0.391. The van der Waals surface area contributed by atoms with Gasteiger partial charge in [0.15, 0.2) is 5.52 Å². The van der Waals surface area contributed by atoms with Crippen molar-refractivity contribution in [1.29, 1.82) is 0 Å². The third-order valence-electron chi connectivity index (χ3n) is 5.78. The Morgan fingerprint density at radius 3 is 2.60 bits per heavy atom. The van der Waals surface area contributed by atoms with Crippen LogP contribution in [0.25, 0.3) is 16.8 Å². The second-order valence-corrected chi connectivity index (χ2v) is 9.37. The number of aromatic nitrogens is 6. The third-order valence-corrected chi connectivity index (χ3v) is 5.78. The first-order valence-corrected chi connectivity index (χ1v) is 11.2. The summed E-state index contributed by atoms with van der Waals surface area (Å²) in [4.78, 5) is 37.0. The Balaban J connectivity index is 1.65. The van der Waals surface area contributed by atoms with Crippen molar-refractivity contribution in [3.05, 3.63) is 52.6 Å². The second-order valence-electron chi connectivity index (χ2n) is 9.37. The van der Waals surface area contributed by atoms with E-state index in [1.807, 2.05) is 26.8 Å². The number of hydrogen-bond acceptors (Lipinski definition) is 8. The van der Waals surface area contributed by atoms with Crippen molar-refractivity contribution in [2.75, 3.05) is 36.5 Å². The molecule has 4 aromatic heterocycles. The van der Waals surface area contributed by atoms with Crippen molar-refractivity contribution in [3.63, 3.8) is 0 Å². The Kier molecular flexibility index (Phi) is 5.67. The van der Waals surface area contributed by atoms with E-state index in [4.69, 9.17) is 4.74 Å². The van der Waals surface area contributed by atoms with Gasteiger partial charge in [-0.15, -0.1) is 10.2 Å². The molecule has 1 amide bonds. The zero-order chi connectivity index (χ0) is 24.7. The molecule has 1 aliphatic rings. The molecule has 0 atom stereocenters. The molecule has 1 fully saturated rings. The van der Waals surface area contributed by atoms with E-state index in [-0.39, 0.29) is 29.2 Å². The van der Waals surface area contributed by atoms with Gasteiger partial charge in [-0.1, -0.05) is 20.8 Å². The SMILES string of the molecule is CC(C)(C)c1nnc2n(CC(=O)Nc3ccc(F)cn3)c3cc(N4CCOCC4)cnc3c(=O)n12. The predicted octanol–water partition coefficient (Wildman–Crippen LogP) is 1.75. The number of nitrogens with zero attached hydrogens (tertiary/aromatic N) is 7. The molecule has 5 heterocycles. The largest absolute Gasteiger partial charge is 0.378 e. The first kappa shape index (κ1) is 22.8. The average Bonchev–Trinajstić information content (AvgIpc) is 3.30. The highest BCUT2D eigenvalue weighted by molar-refractivity contribution is 5.91. The van der Waals surface area contributed by atoms with Crippen LogP contribution in [0.5, 0.6) is 0 Å². The van der Waals surface area contributed by atoms with Gasteiger partial charge in [0.1, 0.15) is 24.0 Å². The Morgan fingerprint density at radius 2 is 1.91 bits per heavy atom. The lowest BCUT2D eigenvalue weighted by Gasteiger charge is -2.28. The summed E-state index contributed by atoms with van der Waals surface area (Å²) < 4.78 is 21.7. The first-order valence-electron chi connectivity index (χ1n) is 11.2. The minimum Gasteiger partial charge on any atom is -0.378 e. The molecule has 1 saturated heterocycles. The summed E-state index contributed by atoms with van der Waals surface area (Å²) in [5, 5.41) is 11.2. The van der Waals surface area contributed by atoms with Crippen LogP contribution in [0.2, 0.25) is 0 Å². The Bertz CT molecular complexity index is 1470. The quantitative estimate of drug-likeness (QED) is 0.469. The van der Waals surface area contributed by atoms with E-state index >= 15 is 0 Å². The van der Waals surface area contributed by atoms with Crippen molar-refractivity contribution in [3.8, 4) is 0 Å². The summed E-state index contributed by atoms with van der Waals surface area (Å²) >= 11 is 0. The Labute approximate surface area is 199 Å². The topological polar surface area (TPSA) is 120 Å². The van der Waals surface area contributed by atoms with Crippen molar-refractivity contribution < 1.29 is 13.9 Å². The molecular weight excluding hydrogens is 455 g/mol. The number of rotatable bonds is 4. The maximum Gasteiger partial charge on any atom is 0.287 e. The van der Waals surface area contributed by atoms with Crippen LogP contribution in [-0.2, 0) is 21.5 Å². The number of amides is 1. The summed E-state index contributed by atoms with van der Waals surface area (Å²) in [5.74, 6) is -0.0193. The Morgan fingerprint density at radius 1 is 1.14 bits per heavy atom. The minimum absolute atomic E-state index is 0.185. The van der Waals surface area contributed by atoms with Gasteiger partial charge in [0.25, 0.3) is 5.56 Å². The monoisotopic (exact) mass is 480 g/mol. The molecular formula is C23H25FN8O3. The molecule has 182 valence electrons. The maximum absolute atomic E-state index is 13.5. The van der Waals surface area contributed by atoms with Gasteiger partial charge in [0.05, 0.1) is 36.8 Å². The summed E-state index contributed by atoms with van der Waals surface area (Å²) in [5.41, 5.74) is 0.650. The summed E-state index contributed by atoms with van der Waals surface area (Å²) in [6.07, 6.45) is 2.68. The third kappa shape index (κ3) is 4.32. The van der Waals surface area contributed by atoms with Crippen LogP contribution < -0.4 is 15.8 Å². The minimum atomic E-state index is -0.504. The second kappa shape index (κ2) is 8.69. The summed E-state index contributed by atoms with van der Waals surface area (Å²) in [6, 6.07) is 4.42. The lowest BCUT2D eigenvalue weighted by Crippen LogP contribution is -2.36. The van der Waals surface area contributed by atoms with Crippen LogP contribution >= 0.6 is 0 Å². The fourth-order valence-corrected chi connectivity index (χ4v) is 4.08. The molecule has 0 aliphatic carbocycles. The summed E-state index contributed by atoms with van der Waals surface area (Å²) in [7, 11) is 0. The highest BCUT2D eigenvalue weighted by Crippen LogP contribution is 2.24. The van der Waals surface area contributed by atoms with Gasteiger partial charge >= 0.3 is 0 Å². The molecule has 35 heavy (non-hydrogen) atoms. The molecule has 1 aliphatic heterocycles. The number of carbonyl (C=O) groups is 1. The summed E-state index contributed by atoms with van der Waals surface area (Å²) in [6.45, 7) is 8.17. The molecule has 5 rings (SSSR count). The van der Waals surface area contributed by atoms with Gasteiger partial charge in [-0.3, -0.25) is 14.2 Å². The number of hydrogen-bond donors (Lipinski definition) is 1. The van der Waals surface area contributed by atoms with Gasteiger partial charge in [0.2, 0.25) is 11.7 Å². The molecule has 11 nitrogen and oxygen atoms in total. The van der Waals surface area contributed by atoms with E-state index < -0.39 is 17.1 Å². The molecule has 1 N–H and O–H groups in total. The highest BCUT2D eigenvalue weighted by atomic mass is 19.1. The van der Waals surface area contributed by atoms with E-state index in [9.17, 15) is 14.0 Å². The number of pyridine rings is 2. The van der Waals surface area contributed by atoms with Crippen molar-refractivity contribution in [1.82, 2.24) is 29.1 Å².